The maximum Gasteiger partial charge on any atom is 0.0808 e. The van der Waals surface area contributed by atoms with Crippen molar-refractivity contribution in [3.05, 3.63) is 0 Å². The second-order valence-corrected chi connectivity index (χ2v) is 2.85. The van der Waals surface area contributed by atoms with Gasteiger partial charge in [0.15, 0.2) is 0 Å². The molecule has 0 aromatic carbocycles. The van der Waals surface area contributed by atoms with Gasteiger partial charge >= 0.3 is 0 Å². The largest absolute Gasteiger partial charge is 0.377 e. The molecule has 0 amide bonds. The van der Waals surface area contributed by atoms with Gasteiger partial charge in [-0.25, -0.2) is 0 Å². The van der Waals surface area contributed by atoms with Crippen LogP contribution in [0.1, 0.15) is 19.3 Å². The second kappa shape index (κ2) is 5.52. The van der Waals surface area contributed by atoms with Gasteiger partial charge in [-0.15, -0.1) is 0 Å². The lowest BCUT2D eigenvalue weighted by molar-refractivity contribution is -0.0391. The van der Waals surface area contributed by atoms with Gasteiger partial charge in [0.25, 0.3) is 0 Å². The van der Waals surface area contributed by atoms with Crippen molar-refractivity contribution in [2.75, 3.05) is 26.4 Å². The number of hydrogen-bond donors (Lipinski definition) is 1. The molecule has 0 aromatic rings. The molecular weight excluding hydrogens is 142 g/mol. The van der Waals surface area contributed by atoms with Crippen LogP contribution in [0.3, 0.4) is 0 Å². The molecule has 3 heteroatoms. The van der Waals surface area contributed by atoms with Crippen molar-refractivity contribution >= 4 is 0 Å². The zero-order valence-electron chi connectivity index (χ0n) is 6.92. The minimum absolute atomic E-state index is 0.329. The monoisotopic (exact) mass is 159 g/mol. The smallest absolute Gasteiger partial charge is 0.0808 e. The maximum atomic E-state index is 5.46. The Morgan fingerprint density at radius 2 is 2.36 bits per heavy atom. The summed E-state index contributed by atoms with van der Waals surface area (Å²) in [5, 5.41) is 0. The molecule has 1 aliphatic rings. The highest BCUT2D eigenvalue weighted by Crippen LogP contribution is 2.12. The molecular formula is C8H17NO2. The Labute approximate surface area is 67.9 Å². The van der Waals surface area contributed by atoms with E-state index in [0.29, 0.717) is 19.3 Å². The summed E-state index contributed by atoms with van der Waals surface area (Å²) in [6, 6.07) is 0. The van der Waals surface area contributed by atoms with Crippen molar-refractivity contribution in [1.82, 2.24) is 0 Å². The molecule has 66 valence electrons. The highest BCUT2D eigenvalue weighted by molar-refractivity contribution is 4.62. The Hall–Kier alpha value is -0.120. The molecule has 0 spiro atoms. The molecule has 0 unspecified atom stereocenters. The van der Waals surface area contributed by atoms with E-state index in [2.05, 4.69) is 0 Å². The van der Waals surface area contributed by atoms with Gasteiger partial charge in [-0.3, -0.25) is 0 Å². The lowest BCUT2D eigenvalue weighted by Gasteiger charge is -2.22. The van der Waals surface area contributed by atoms with Crippen LogP contribution in [-0.4, -0.2) is 32.5 Å². The SMILES string of the molecule is NCCOC[C@H]1CCCCO1. The predicted octanol–water partition coefficient (Wildman–Crippen LogP) is 0.531. The lowest BCUT2D eigenvalue weighted by atomic mass is 10.1. The number of nitrogens with two attached hydrogens (primary N) is 1. The summed E-state index contributed by atoms with van der Waals surface area (Å²) < 4.78 is 10.7. The first kappa shape index (κ1) is 8.97. The van der Waals surface area contributed by atoms with E-state index in [4.69, 9.17) is 15.2 Å². The molecule has 0 aromatic heterocycles. The summed E-state index contributed by atoms with van der Waals surface area (Å²) in [7, 11) is 0. The van der Waals surface area contributed by atoms with E-state index in [9.17, 15) is 0 Å². The molecule has 0 aliphatic carbocycles. The topological polar surface area (TPSA) is 44.5 Å². The molecule has 1 atom stereocenters. The van der Waals surface area contributed by atoms with Crippen LogP contribution < -0.4 is 5.73 Å². The Bertz CT molecular complexity index is 92.1. The predicted molar refractivity (Wildman–Crippen MR) is 43.5 cm³/mol. The van der Waals surface area contributed by atoms with Crippen molar-refractivity contribution in [3.63, 3.8) is 0 Å². The molecule has 1 heterocycles. The molecule has 2 N–H and O–H groups in total. The van der Waals surface area contributed by atoms with Gasteiger partial charge in [0, 0.05) is 13.2 Å². The van der Waals surface area contributed by atoms with Crippen LogP contribution in [-0.2, 0) is 9.47 Å². The summed E-state index contributed by atoms with van der Waals surface area (Å²) >= 11 is 0. The lowest BCUT2D eigenvalue weighted by Crippen LogP contribution is -2.25. The number of hydrogen-bond acceptors (Lipinski definition) is 3. The number of rotatable bonds is 4. The second-order valence-electron chi connectivity index (χ2n) is 2.85. The molecule has 1 aliphatic heterocycles. The standard InChI is InChI=1S/C8H17NO2/c9-4-6-10-7-8-3-1-2-5-11-8/h8H,1-7,9H2/t8-/m1/s1. The molecule has 1 saturated heterocycles. The van der Waals surface area contributed by atoms with Crippen LogP contribution in [0.5, 0.6) is 0 Å². The van der Waals surface area contributed by atoms with Gasteiger partial charge < -0.3 is 15.2 Å². The molecule has 11 heavy (non-hydrogen) atoms. The summed E-state index contributed by atoms with van der Waals surface area (Å²) in [5.74, 6) is 0. The van der Waals surface area contributed by atoms with E-state index in [0.717, 1.165) is 19.6 Å². The molecule has 3 nitrogen and oxygen atoms in total. The fraction of sp³-hybridized carbons (Fsp3) is 1.00. The highest BCUT2D eigenvalue weighted by atomic mass is 16.5. The van der Waals surface area contributed by atoms with Gasteiger partial charge in [0.05, 0.1) is 19.3 Å². The van der Waals surface area contributed by atoms with Crippen LogP contribution in [0, 0.1) is 0 Å². The number of ether oxygens (including phenoxy) is 2. The minimum Gasteiger partial charge on any atom is -0.377 e. The van der Waals surface area contributed by atoms with Crippen LogP contribution in [0.25, 0.3) is 0 Å². The summed E-state index contributed by atoms with van der Waals surface area (Å²) in [4.78, 5) is 0. The van der Waals surface area contributed by atoms with E-state index >= 15 is 0 Å². The normalized spacial score (nSPS) is 25.4. The van der Waals surface area contributed by atoms with Crippen LogP contribution in [0.2, 0.25) is 0 Å². The fourth-order valence-corrected chi connectivity index (χ4v) is 1.24. The maximum absolute atomic E-state index is 5.46. The van der Waals surface area contributed by atoms with Crippen molar-refractivity contribution in [1.29, 1.82) is 0 Å². The van der Waals surface area contributed by atoms with Crippen molar-refractivity contribution in [3.8, 4) is 0 Å². The van der Waals surface area contributed by atoms with E-state index < -0.39 is 0 Å². The Balaban J connectivity index is 1.96. The van der Waals surface area contributed by atoms with E-state index in [-0.39, 0.29) is 0 Å². The fourth-order valence-electron chi connectivity index (χ4n) is 1.24. The van der Waals surface area contributed by atoms with Gasteiger partial charge in [-0.2, -0.15) is 0 Å². The average molecular weight is 159 g/mol. The van der Waals surface area contributed by atoms with E-state index in [1.54, 1.807) is 0 Å². The zero-order chi connectivity index (χ0) is 7.94. The first-order valence-corrected chi connectivity index (χ1v) is 4.33. The Morgan fingerprint density at radius 1 is 1.45 bits per heavy atom. The van der Waals surface area contributed by atoms with Crippen LogP contribution in [0.15, 0.2) is 0 Å². The first-order chi connectivity index (χ1) is 5.43. The van der Waals surface area contributed by atoms with Crippen molar-refractivity contribution in [2.24, 2.45) is 5.73 Å². The van der Waals surface area contributed by atoms with E-state index in [1.165, 1.54) is 12.8 Å². The zero-order valence-corrected chi connectivity index (χ0v) is 6.92. The first-order valence-electron chi connectivity index (χ1n) is 4.33. The molecule has 1 fully saturated rings. The molecule has 1 rings (SSSR count). The average Bonchev–Trinajstić information content (AvgIpc) is 2.07. The Kier molecular flexibility index (Phi) is 4.50. The van der Waals surface area contributed by atoms with Crippen molar-refractivity contribution < 1.29 is 9.47 Å². The van der Waals surface area contributed by atoms with Gasteiger partial charge in [0.1, 0.15) is 0 Å². The van der Waals surface area contributed by atoms with Crippen LogP contribution in [0.4, 0.5) is 0 Å². The third-order valence-corrected chi connectivity index (χ3v) is 1.84. The quantitative estimate of drug-likeness (QED) is 0.608. The van der Waals surface area contributed by atoms with Crippen LogP contribution >= 0.6 is 0 Å². The van der Waals surface area contributed by atoms with Gasteiger partial charge in [-0.05, 0) is 19.3 Å². The molecule has 0 radical (unpaired) electrons. The third kappa shape index (κ3) is 3.70. The summed E-state index contributed by atoms with van der Waals surface area (Å²) in [5.41, 5.74) is 5.28. The highest BCUT2D eigenvalue weighted by Gasteiger charge is 2.12. The summed E-state index contributed by atoms with van der Waals surface area (Å²) in [6.07, 6.45) is 3.95. The third-order valence-electron chi connectivity index (χ3n) is 1.84. The Morgan fingerprint density at radius 3 is 3.00 bits per heavy atom. The summed E-state index contributed by atoms with van der Waals surface area (Å²) in [6.45, 7) is 2.88. The minimum atomic E-state index is 0.329. The van der Waals surface area contributed by atoms with Crippen molar-refractivity contribution in [2.45, 2.75) is 25.4 Å². The molecule has 0 bridgehead atoms. The van der Waals surface area contributed by atoms with E-state index in [1.807, 2.05) is 0 Å². The van der Waals surface area contributed by atoms with Gasteiger partial charge in [-0.1, -0.05) is 0 Å². The molecule has 0 saturated carbocycles. The van der Waals surface area contributed by atoms with Gasteiger partial charge in [0.2, 0.25) is 0 Å².